The molecule has 0 atom stereocenters. The van der Waals surface area contributed by atoms with Gasteiger partial charge in [-0.3, -0.25) is 9.59 Å². The number of hydrogen-bond donors (Lipinski definition) is 1. The standard InChI is InChI=1S/C22H15NO3/c1-2-13-7-9-14(10-8-13)26-18-12-11-17(23)19-20(18)22(25)16-6-4-3-5-15(16)21(19)24/h2-12H,1,23H2. The summed E-state index contributed by atoms with van der Waals surface area (Å²) in [7, 11) is 0. The summed E-state index contributed by atoms with van der Waals surface area (Å²) in [6.07, 6.45) is 1.73. The Hall–Kier alpha value is -3.66. The van der Waals surface area contributed by atoms with Gasteiger partial charge in [0.2, 0.25) is 0 Å². The fourth-order valence-electron chi connectivity index (χ4n) is 3.10. The number of anilines is 1. The molecule has 4 nitrogen and oxygen atoms in total. The third-order valence-corrected chi connectivity index (χ3v) is 4.41. The highest BCUT2D eigenvalue weighted by molar-refractivity contribution is 6.31. The maximum absolute atomic E-state index is 13.0. The summed E-state index contributed by atoms with van der Waals surface area (Å²) >= 11 is 0. The van der Waals surface area contributed by atoms with E-state index in [2.05, 4.69) is 6.58 Å². The van der Waals surface area contributed by atoms with Gasteiger partial charge in [0.1, 0.15) is 11.5 Å². The molecule has 0 aromatic heterocycles. The minimum atomic E-state index is -0.264. The summed E-state index contributed by atoms with van der Waals surface area (Å²) in [6, 6.07) is 17.2. The molecule has 26 heavy (non-hydrogen) atoms. The van der Waals surface area contributed by atoms with Crippen LogP contribution >= 0.6 is 0 Å². The van der Waals surface area contributed by atoms with Crippen LogP contribution in [-0.2, 0) is 0 Å². The molecule has 126 valence electrons. The van der Waals surface area contributed by atoms with Crippen molar-refractivity contribution in [1.29, 1.82) is 0 Å². The van der Waals surface area contributed by atoms with Gasteiger partial charge >= 0.3 is 0 Å². The largest absolute Gasteiger partial charge is 0.457 e. The fraction of sp³-hybridized carbons (Fsp3) is 0. The number of carbonyl (C=O) groups excluding carboxylic acids is 2. The Morgan fingerprint density at radius 3 is 2.04 bits per heavy atom. The van der Waals surface area contributed by atoms with E-state index < -0.39 is 0 Å². The molecule has 1 aliphatic carbocycles. The maximum Gasteiger partial charge on any atom is 0.198 e. The van der Waals surface area contributed by atoms with Crippen molar-refractivity contribution >= 4 is 23.3 Å². The van der Waals surface area contributed by atoms with Crippen LogP contribution in [0.15, 0.2) is 67.2 Å². The number of ketones is 2. The lowest BCUT2D eigenvalue weighted by Gasteiger charge is -2.21. The summed E-state index contributed by atoms with van der Waals surface area (Å²) in [4.78, 5) is 25.9. The van der Waals surface area contributed by atoms with Crippen LogP contribution in [0.3, 0.4) is 0 Å². The highest BCUT2D eigenvalue weighted by Crippen LogP contribution is 2.38. The first kappa shape index (κ1) is 15.8. The van der Waals surface area contributed by atoms with E-state index >= 15 is 0 Å². The Morgan fingerprint density at radius 1 is 0.808 bits per heavy atom. The summed E-state index contributed by atoms with van der Waals surface area (Å²) in [6.45, 7) is 3.71. The van der Waals surface area contributed by atoms with Gasteiger partial charge in [-0.15, -0.1) is 0 Å². The van der Waals surface area contributed by atoms with Crippen LogP contribution in [0, 0.1) is 0 Å². The second-order valence-electron chi connectivity index (χ2n) is 5.98. The molecule has 0 fully saturated rings. The lowest BCUT2D eigenvalue weighted by molar-refractivity contribution is 0.0977. The highest BCUT2D eigenvalue weighted by atomic mass is 16.5. The third-order valence-electron chi connectivity index (χ3n) is 4.41. The SMILES string of the molecule is C=Cc1ccc(Oc2ccc(N)c3c2C(=O)c2ccccc2C3=O)cc1. The van der Waals surface area contributed by atoms with Gasteiger partial charge in [-0.05, 0) is 29.8 Å². The van der Waals surface area contributed by atoms with Gasteiger partial charge in [0, 0.05) is 16.8 Å². The number of nitrogens with two attached hydrogens (primary N) is 1. The molecule has 2 N–H and O–H groups in total. The molecule has 0 saturated carbocycles. The number of hydrogen-bond acceptors (Lipinski definition) is 4. The Morgan fingerprint density at radius 2 is 1.42 bits per heavy atom. The smallest absolute Gasteiger partial charge is 0.198 e. The number of ether oxygens (including phenoxy) is 1. The average Bonchev–Trinajstić information content (AvgIpc) is 2.68. The van der Waals surface area contributed by atoms with E-state index in [1.807, 2.05) is 12.1 Å². The van der Waals surface area contributed by atoms with Gasteiger partial charge in [0.05, 0.1) is 11.1 Å². The van der Waals surface area contributed by atoms with E-state index in [1.165, 1.54) is 0 Å². The molecule has 0 amide bonds. The number of carbonyl (C=O) groups is 2. The van der Waals surface area contributed by atoms with E-state index in [-0.39, 0.29) is 28.4 Å². The Balaban J connectivity index is 1.85. The lowest BCUT2D eigenvalue weighted by atomic mass is 9.83. The second-order valence-corrected chi connectivity index (χ2v) is 5.98. The molecule has 3 aromatic rings. The number of rotatable bonds is 3. The van der Waals surface area contributed by atoms with Crippen molar-refractivity contribution < 1.29 is 14.3 Å². The molecule has 0 bridgehead atoms. The summed E-state index contributed by atoms with van der Waals surface area (Å²) in [5.74, 6) is 0.343. The molecular formula is C22H15NO3. The van der Waals surface area contributed by atoms with Gasteiger partial charge in [-0.1, -0.05) is 49.1 Å². The lowest BCUT2D eigenvalue weighted by Crippen LogP contribution is -2.23. The topological polar surface area (TPSA) is 69.4 Å². The number of fused-ring (bicyclic) bond motifs is 2. The van der Waals surface area contributed by atoms with Crippen LogP contribution in [0.5, 0.6) is 11.5 Å². The molecule has 1 aliphatic rings. The normalized spacial score (nSPS) is 12.3. The molecule has 0 aliphatic heterocycles. The Labute approximate surface area is 150 Å². The van der Waals surface area contributed by atoms with Crippen molar-refractivity contribution in [3.63, 3.8) is 0 Å². The zero-order valence-electron chi connectivity index (χ0n) is 13.9. The van der Waals surface area contributed by atoms with Crippen LogP contribution in [-0.4, -0.2) is 11.6 Å². The molecule has 0 saturated heterocycles. The first-order chi connectivity index (χ1) is 12.6. The Kier molecular flexibility index (Phi) is 3.66. The molecule has 0 radical (unpaired) electrons. The van der Waals surface area contributed by atoms with E-state index in [4.69, 9.17) is 10.5 Å². The number of nitrogen functional groups attached to an aromatic ring is 1. The van der Waals surface area contributed by atoms with E-state index in [0.717, 1.165) is 5.56 Å². The molecule has 0 heterocycles. The van der Waals surface area contributed by atoms with E-state index in [9.17, 15) is 9.59 Å². The Bertz CT molecular complexity index is 1070. The van der Waals surface area contributed by atoms with Gasteiger partial charge in [-0.2, -0.15) is 0 Å². The monoisotopic (exact) mass is 341 g/mol. The highest BCUT2D eigenvalue weighted by Gasteiger charge is 2.34. The summed E-state index contributed by atoms with van der Waals surface area (Å²) in [5, 5.41) is 0. The van der Waals surface area contributed by atoms with Crippen molar-refractivity contribution in [2.24, 2.45) is 0 Å². The molecule has 3 aromatic carbocycles. The van der Waals surface area contributed by atoms with Gasteiger partial charge < -0.3 is 10.5 Å². The fourth-order valence-corrected chi connectivity index (χ4v) is 3.10. The van der Waals surface area contributed by atoms with Crippen LogP contribution in [0.4, 0.5) is 5.69 Å². The quantitative estimate of drug-likeness (QED) is 0.558. The second kappa shape index (κ2) is 6.01. The van der Waals surface area contributed by atoms with Crippen LogP contribution in [0.25, 0.3) is 6.08 Å². The van der Waals surface area contributed by atoms with Crippen molar-refractivity contribution in [3.8, 4) is 11.5 Å². The van der Waals surface area contributed by atoms with Gasteiger partial charge in [0.25, 0.3) is 0 Å². The minimum Gasteiger partial charge on any atom is -0.457 e. The average molecular weight is 341 g/mol. The predicted octanol–water partition coefficient (Wildman–Crippen LogP) is 4.48. The molecular weight excluding hydrogens is 326 g/mol. The predicted molar refractivity (Wildman–Crippen MR) is 101 cm³/mol. The van der Waals surface area contributed by atoms with Crippen LogP contribution < -0.4 is 10.5 Å². The van der Waals surface area contributed by atoms with Crippen molar-refractivity contribution in [1.82, 2.24) is 0 Å². The van der Waals surface area contributed by atoms with E-state index in [0.29, 0.717) is 22.6 Å². The van der Waals surface area contributed by atoms with Crippen molar-refractivity contribution in [2.75, 3.05) is 5.73 Å². The zero-order chi connectivity index (χ0) is 18.3. The molecule has 4 rings (SSSR count). The van der Waals surface area contributed by atoms with Gasteiger partial charge in [-0.25, -0.2) is 0 Å². The zero-order valence-corrected chi connectivity index (χ0v) is 13.9. The first-order valence-electron chi connectivity index (χ1n) is 8.11. The molecule has 0 unspecified atom stereocenters. The van der Waals surface area contributed by atoms with Crippen molar-refractivity contribution in [2.45, 2.75) is 0 Å². The first-order valence-corrected chi connectivity index (χ1v) is 8.11. The van der Waals surface area contributed by atoms with Crippen LogP contribution in [0.2, 0.25) is 0 Å². The minimum absolute atomic E-state index is 0.203. The van der Waals surface area contributed by atoms with Crippen LogP contribution in [0.1, 0.15) is 37.4 Å². The summed E-state index contributed by atoms with van der Waals surface area (Å²) in [5.41, 5.74) is 8.37. The molecule has 4 heteroatoms. The summed E-state index contributed by atoms with van der Waals surface area (Å²) < 4.78 is 5.90. The maximum atomic E-state index is 13.0. The number of benzene rings is 3. The molecule has 0 spiro atoms. The van der Waals surface area contributed by atoms with Gasteiger partial charge in [0.15, 0.2) is 11.6 Å². The van der Waals surface area contributed by atoms with E-state index in [1.54, 1.807) is 54.6 Å². The third kappa shape index (κ3) is 2.40. The van der Waals surface area contributed by atoms with Crippen molar-refractivity contribution in [3.05, 3.63) is 95.1 Å².